The second-order valence-corrected chi connectivity index (χ2v) is 6.28. The van der Waals surface area contributed by atoms with Crippen molar-refractivity contribution in [3.8, 4) is 5.75 Å². The summed E-state index contributed by atoms with van der Waals surface area (Å²) >= 11 is 0. The Morgan fingerprint density at radius 3 is 2.30 bits per heavy atom. The highest BCUT2D eigenvalue weighted by atomic mass is 16.5. The number of benzene rings is 2. The molecule has 0 unspecified atom stereocenters. The van der Waals surface area contributed by atoms with Crippen molar-refractivity contribution in [1.29, 1.82) is 0 Å². The van der Waals surface area contributed by atoms with Gasteiger partial charge in [-0.1, -0.05) is 37.6 Å². The molecule has 2 aromatic carbocycles. The lowest BCUT2D eigenvalue weighted by atomic mass is 10.1. The normalized spacial score (nSPS) is 10.6. The number of anilines is 2. The molecule has 0 aromatic heterocycles. The molecule has 124 valence electrons. The van der Waals surface area contributed by atoms with E-state index in [0.29, 0.717) is 5.92 Å². The van der Waals surface area contributed by atoms with Crippen LogP contribution in [0.2, 0.25) is 0 Å². The molecule has 0 fully saturated rings. The Kier molecular flexibility index (Phi) is 6.79. The molecule has 0 aliphatic rings. The number of ether oxygens (including phenoxy) is 1. The largest absolute Gasteiger partial charge is 0.494 e. The van der Waals surface area contributed by atoms with Crippen molar-refractivity contribution in [2.75, 3.05) is 30.3 Å². The Bertz CT molecular complexity index is 578. The van der Waals surface area contributed by atoms with Gasteiger partial charge >= 0.3 is 0 Å². The first-order chi connectivity index (χ1) is 11.1. The molecular weight excluding hydrogens is 284 g/mol. The fraction of sp³-hybridized carbons (Fsp3) is 0.400. The molecule has 0 radical (unpaired) electrons. The van der Waals surface area contributed by atoms with Crippen LogP contribution in [0.25, 0.3) is 0 Å². The van der Waals surface area contributed by atoms with Crippen molar-refractivity contribution in [2.45, 2.75) is 27.2 Å². The average Bonchev–Trinajstić information content (AvgIpc) is 2.53. The fourth-order valence-corrected chi connectivity index (χ4v) is 2.19. The van der Waals surface area contributed by atoms with Gasteiger partial charge in [-0.25, -0.2) is 0 Å². The predicted molar refractivity (Wildman–Crippen MR) is 99.6 cm³/mol. The number of rotatable bonds is 9. The van der Waals surface area contributed by atoms with Crippen LogP contribution in [0.1, 0.15) is 25.8 Å². The summed E-state index contributed by atoms with van der Waals surface area (Å²) in [5, 5.41) is 6.83. The van der Waals surface area contributed by atoms with Gasteiger partial charge in [0.15, 0.2) is 0 Å². The van der Waals surface area contributed by atoms with Crippen molar-refractivity contribution in [1.82, 2.24) is 0 Å². The van der Waals surface area contributed by atoms with Crippen LogP contribution < -0.4 is 15.4 Å². The Balaban J connectivity index is 1.71. The summed E-state index contributed by atoms with van der Waals surface area (Å²) in [7, 11) is 0. The van der Waals surface area contributed by atoms with E-state index in [1.807, 2.05) is 12.1 Å². The van der Waals surface area contributed by atoms with Crippen LogP contribution in [0, 0.1) is 12.8 Å². The highest BCUT2D eigenvalue weighted by Gasteiger charge is 1.99. The Labute approximate surface area is 140 Å². The zero-order chi connectivity index (χ0) is 16.5. The van der Waals surface area contributed by atoms with E-state index >= 15 is 0 Å². The van der Waals surface area contributed by atoms with Gasteiger partial charge in [0.05, 0.1) is 6.61 Å². The topological polar surface area (TPSA) is 33.3 Å². The molecule has 0 aliphatic carbocycles. The molecule has 0 bridgehead atoms. The van der Waals surface area contributed by atoms with Gasteiger partial charge in [0.25, 0.3) is 0 Å². The highest BCUT2D eigenvalue weighted by molar-refractivity contribution is 5.49. The number of hydrogen-bond donors (Lipinski definition) is 2. The third kappa shape index (κ3) is 6.64. The lowest BCUT2D eigenvalue weighted by Crippen LogP contribution is -2.13. The van der Waals surface area contributed by atoms with Gasteiger partial charge in [-0.2, -0.15) is 0 Å². The number of hydrogen-bond acceptors (Lipinski definition) is 3. The Morgan fingerprint density at radius 1 is 0.913 bits per heavy atom. The first-order valence-electron chi connectivity index (χ1n) is 8.41. The quantitative estimate of drug-likeness (QED) is 0.643. The zero-order valence-electron chi connectivity index (χ0n) is 14.4. The molecule has 2 aromatic rings. The Hall–Kier alpha value is -2.16. The smallest absolute Gasteiger partial charge is 0.121 e. The van der Waals surface area contributed by atoms with E-state index in [1.54, 1.807) is 0 Å². The van der Waals surface area contributed by atoms with E-state index in [1.165, 1.54) is 5.56 Å². The van der Waals surface area contributed by atoms with E-state index < -0.39 is 0 Å². The summed E-state index contributed by atoms with van der Waals surface area (Å²) in [5.74, 6) is 1.60. The van der Waals surface area contributed by atoms with Crippen molar-refractivity contribution in [2.24, 2.45) is 5.92 Å². The molecule has 0 saturated heterocycles. The summed E-state index contributed by atoms with van der Waals surface area (Å²) in [6.45, 7) is 9.03. The van der Waals surface area contributed by atoms with E-state index in [2.05, 4.69) is 67.8 Å². The van der Waals surface area contributed by atoms with Crippen LogP contribution in [0.15, 0.2) is 48.5 Å². The van der Waals surface area contributed by atoms with E-state index in [0.717, 1.165) is 43.2 Å². The van der Waals surface area contributed by atoms with E-state index in [-0.39, 0.29) is 0 Å². The molecule has 0 aliphatic heterocycles. The summed E-state index contributed by atoms with van der Waals surface area (Å²) in [6.07, 6.45) is 1.08. The van der Waals surface area contributed by atoms with Crippen LogP contribution in [0.3, 0.4) is 0 Å². The maximum atomic E-state index is 5.79. The molecule has 0 amide bonds. The maximum absolute atomic E-state index is 5.79. The third-order valence-electron chi connectivity index (χ3n) is 3.63. The monoisotopic (exact) mass is 312 g/mol. The first kappa shape index (κ1) is 17.2. The lowest BCUT2D eigenvalue weighted by molar-refractivity contribution is 0.289. The first-order valence-corrected chi connectivity index (χ1v) is 8.41. The molecule has 0 atom stereocenters. The minimum atomic E-state index is 0.671. The van der Waals surface area contributed by atoms with Crippen LogP contribution >= 0.6 is 0 Å². The Morgan fingerprint density at radius 2 is 1.61 bits per heavy atom. The summed E-state index contributed by atoms with van der Waals surface area (Å²) < 4.78 is 5.79. The van der Waals surface area contributed by atoms with Gasteiger partial charge < -0.3 is 15.4 Å². The average molecular weight is 312 g/mol. The molecule has 3 nitrogen and oxygen atoms in total. The van der Waals surface area contributed by atoms with Gasteiger partial charge in [-0.05, 0) is 43.5 Å². The summed E-state index contributed by atoms with van der Waals surface area (Å²) in [4.78, 5) is 0. The maximum Gasteiger partial charge on any atom is 0.121 e. The van der Waals surface area contributed by atoms with Gasteiger partial charge in [0, 0.05) is 30.5 Å². The van der Waals surface area contributed by atoms with Crippen LogP contribution in [-0.2, 0) is 0 Å². The molecule has 3 heteroatoms. The van der Waals surface area contributed by atoms with Crippen molar-refractivity contribution >= 4 is 11.4 Å². The molecule has 23 heavy (non-hydrogen) atoms. The molecular formula is C20H28N2O. The van der Waals surface area contributed by atoms with Gasteiger partial charge in [-0.15, -0.1) is 0 Å². The summed E-state index contributed by atoms with van der Waals surface area (Å²) in [6, 6.07) is 16.6. The third-order valence-corrected chi connectivity index (χ3v) is 3.63. The molecule has 0 heterocycles. The lowest BCUT2D eigenvalue weighted by Gasteiger charge is -2.12. The van der Waals surface area contributed by atoms with Gasteiger partial charge in [0.1, 0.15) is 5.75 Å². The van der Waals surface area contributed by atoms with Crippen molar-refractivity contribution in [3.05, 3.63) is 54.1 Å². The molecule has 0 saturated carbocycles. The van der Waals surface area contributed by atoms with Gasteiger partial charge in [-0.3, -0.25) is 0 Å². The SMILES string of the molecule is Cc1ccc(NCCNc2cccc(OCCC(C)C)c2)cc1. The predicted octanol–water partition coefficient (Wildman–Crippen LogP) is 4.94. The van der Waals surface area contributed by atoms with Gasteiger partial charge in [0.2, 0.25) is 0 Å². The van der Waals surface area contributed by atoms with E-state index in [4.69, 9.17) is 4.74 Å². The minimum Gasteiger partial charge on any atom is -0.494 e. The summed E-state index contributed by atoms with van der Waals surface area (Å²) in [5.41, 5.74) is 3.53. The van der Waals surface area contributed by atoms with Crippen LogP contribution in [-0.4, -0.2) is 19.7 Å². The second-order valence-electron chi connectivity index (χ2n) is 6.28. The van der Waals surface area contributed by atoms with Crippen molar-refractivity contribution in [3.63, 3.8) is 0 Å². The zero-order valence-corrected chi connectivity index (χ0v) is 14.4. The molecule has 2 N–H and O–H groups in total. The fourth-order valence-electron chi connectivity index (χ4n) is 2.19. The minimum absolute atomic E-state index is 0.671. The van der Waals surface area contributed by atoms with E-state index in [9.17, 15) is 0 Å². The standard InChI is InChI=1S/C20H28N2O/c1-16(2)11-14-23-20-6-4-5-19(15-20)22-13-12-21-18-9-7-17(3)8-10-18/h4-10,15-16,21-22H,11-14H2,1-3H3. The second kappa shape index (κ2) is 9.09. The molecule has 2 rings (SSSR count). The number of nitrogens with one attached hydrogen (secondary N) is 2. The van der Waals surface area contributed by atoms with Crippen molar-refractivity contribution < 1.29 is 4.74 Å². The number of aryl methyl sites for hydroxylation is 1. The van der Waals surface area contributed by atoms with Crippen LogP contribution in [0.4, 0.5) is 11.4 Å². The molecule has 0 spiro atoms. The highest BCUT2D eigenvalue weighted by Crippen LogP contribution is 2.18. The van der Waals surface area contributed by atoms with Crippen LogP contribution in [0.5, 0.6) is 5.75 Å².